The molecule has 0 radical (unpaired) electrons. The summed E-state index contributed by atoms with van der Waals surface area (Å²) in [6.45, 7) is 0.715. The minimum atomic E-state index is -4.21. The number of carbonyl (C=O) groups is 1. The van der Waals surface area contributed by atoms with Crippen molar-refractivity contribution >= 4 is 39.1 Å². The predicted molar refractivity (Wildman–Crippen MR) is 137 cm³/mol. The van der Waals surface area contributed by atoms with Crippen molar-refractivity contribution in [2.75, 3.05) is 20.8 Å². The lowest BCUT2D eigenvalue weighted by atomic mass is 10.1. The van der Waals surface area contributed by atoms with Crippen LogP contribution in [-0.2, 0) is 21.4 Å². The van der Waals surface area contributed by atoms with Crippen LogP contribution in [-0.4, -0.2) is 39.4 Å². The lowest BCUT2D eigenvalue weighted by Gasteiger charge is -2.24. The SMILES string of the molecule is COc1ccc(C(C)NC(=O)CN(Cc2c(F)cccc2Cl)S(=O)(=O)c2ccc(Cl)cc2)cc1OC. The molecule has 1 N–H and O–H groups in total. The molecule has 0 aromatic heterocycles. The molecule has 0 aliphatic rings. The summed E-state index contributed by atoms with van der Waals surface area (Å²) in [6, 6.07) is 14.2. The van der Waals surface area contributed by atoms with Crippen molar-refractivity contribution < 1.29 is 27.1 Å². The molecule has 0 aliphatic carbocycles. The number of rotatable bonds is 10. The molecule has 1 unspecified atom stereocenters. The molecule has 7 nitrogen and oxygen atoms in total. The molecule has 1 amide bonds. The Bertz CT molecular complexity index is 1320. The van der Waals surface area contributed by atoms with Crippen LogP contribution >= 0.6 is 23.2 Å². The zero-order valence-electron chi connectivity index (χ0n) is 19.8. The van der Waals surface area contributed by atoms with Gasteiger partial charge in [0, 0.05) is 22.2 Å². The zero-order chi connectivity index (χ0) is 26.5. The Morgan fingerprint density at radius 3 is 2.31 bits per heavy atom. The van der Waals surface area contributed by atoms with E-state index in [-0.39, 0.29) is 15.5 Å². The van der Waals surface area contributed by atoms with Crippen LogP contribution in [0.15, 0.2) is 65.6 Å². The first-order valence-corrected chi connectivity index (χ1v) is 13.0. The van der Waals surface area contributed by atoms with Crippen molar-refractivity contribution in [1.82, 2.24) is 9.62 Å². The highest BCUT2D eigenvalue weighted by molar-refractivity contribution is 7.89. The number of carbonyl (C=O) groups excluding carboxylic acids is 1. The number of amides is 1. The summed E-state index contributed by atoms with van der Waals surface area (Å²) in [5.74, 6) is -0.265. The first-order valence-electron chi connectivity index (χ1n) is 10.8. The molecule has 0 fully saturated rings. The molecule has 192 valence electrons. The lowest BCUT2D eigenvalue weighted by Crippen LogP contribution is -2.41. The standard InChI is InChI=1S/C25H25Cl2FN2O5S/c1-16(17-7-12-23(34-2)24(13-17)35-3)29-25(31)15-30(14-20-21(27)5-4-6-22(20)28)36(32,33)19-10-8-18(26)9-11-19/h4-13,16H,14-15H2,1-3H3,(H,29,31). The Labute approximate surface area is 219 Å². The van der Waals surface area contributed by atoms with Gasteiger partial charge in [-0.3, -0.25) is 4.79 Å². The molecule has 0 saturated carbocycles. The van der Waals surface area contributed by atoms with Crippen molar-refractivity contribution in [1.29, 1.82) is 0 Å². The van der Waals surface area contributed by atoms with Gasteiger partial charge in [0.2, 0.25) is 15.9 Å². The van der Waals surface area contributed by atoms with Crippen LogP contribution in [0.25, 0.3) is 0 Å². The number of benzene rings is 3. The van der Waals surface area contributed by atoms with Crippen LogP contribution in [0.4, 0.5) is 4.39 Å². The predicted octanol–water partition coefficient (Wildman–Crippen LogP) is 5.22. The largest absolute Gasteiger partial charge is 0.493 e. The average molecular weight is 555 g/mol. The monoisotopic (exact) mass is 554 g/mol. The maximum Gasteiger partial charge on any atom is 0.243 e. The summed E-state index contributed by atoms with van der Waals surface area (Å²) < 4.78 is 52.8. The zero-order valence-corrected chi connectivity index (χ0v) is 22.1. The molecule has 3 aromatic carbocycles. The third kappa shape index (κ3) is 6.47. The van der Waals surface area contributed by atoms with Crippen molar-refractivity contribution in [3.05, 3.63) is 87.7 Å². The number of halogens is 3. The Morgan fingerprint density at radius 2 is 1.69 bits per heavy atom. The van der Waals surface area contributed by atoms with Gasteiger partial charge in [-0.1, -0.05) is 35.3 Å². The highest BCUT2D eigenvalue weighted by Crippen LogP contribution is 2.30. The van der Waals surface area contributed by atoms with Crippen molar-refractivity contribution in [3.8, 4) is 11.5 Å². The van der Waals surface area contributed by atoms with E-state index in [2.05, 4.69) is 5.32 Å². The van der Waals surface area contributed by atoms with E-state index < -0.39 is 40.9 Å². The van der Waals surface area contributed by atoms with E-state index in [9.17, 15) is 17.6 Å². The van der Waals surface area contributed by atoms with Crippen molar-refractivity contribution in [2.24, 2.45) is 0 Å². The Morgan fingerprint density at radius 1 is 1.03 bits per heavy atom. The number of sulfonamides is 1. The van der Waals surface area contributed by atoms with Gasteiger partial charge in [-0.2, -0.15) is 4.31 Å². The molecule has 36 heavy (non-hydrogen) atoms. The van der Waals surface area contributed by atoms with Gasteiger partial charge in [0.05, 0.1) is 31.7 Å². The van der Waals surface area contributed by atoms with E-state index in [4.69, 9.17) is 32.7 Å². The number of methoxy groups -OCH3 is 2. The van der Waals surface area contributed by atoms with E-state index in [1.807, 2.05) is 0 Å². The molecule has 11 heteroatoms. The smallest absolute Gasteiger partial charge is 0.243 e. The van der Waals surface area contributed by atoms with Gasteiger partial charge in [-0.05, 0) is 61.0 Å². The Hall–Kier alpha value is -2.85. The first-order chi connectivity index (χ1) is 17.1. The minimum Gasteiger partial charge on any atom is -0.493 e. The molecule has 3 aromatic rings. The Balaban J connectivity index is 1.88. The van der Waals surface area contributed by atoms with Crippen LogP contribution in [0, 0.1) is 5.82 Å². The summed E-state index contributed by atoms with van der Waals surface area (Å²) in [6.07, 6.45) is 0. The number of ether oxygens (including phenoxy) is 2. The van der Waals surface area contributed by atoms with E-state index in [0.717, 1.165) is 4.31 Å². The van der Waals surface area contributed by atoms with Gasteiger partial charge in [-0.25, -0.2) is 12.8 Å². The quantitative estimate of drug-likeness (QED) is 0.371. The number of hydrogen-bond acceptors (Lipinski definition) is 5. The van der Waals surface area contributed by atoms with Crippen LogP contribution in [0.2, 0.25) is 10.0 Å². The van der Waals surface area contributed by atoms with Gasteiger partial charge in [0.1, 0.15) is 5.82 Å². The molecule has 0 spiro atoms. The summed E-state index contributed by atoms with van der Waals surface area (Å²) in [5.41, 5.74) is 0.669. The maximum atomic E-state index is 14.5. The molecule has 1 atom stereocenters. The van der Waals surface area contributed by atoms with Gasteiger partial charge in [0.15, 0.2) is 11.5 Å². The van der Waals surface area contributed by atoms with Gasteiger partial charge < -0.3 is 14.8 Å². The highest BCUT2D eigenvalue weighted by Gasteiger charge is 2.29. The maximum absolute atomic E-state index is 14.5. The molecule has 0 aliphatic heterocycles. The highest BCUT2D eigenvalue weighted by atomic mass is 35.5. The molecule has 0 heterocycles. The van der Waals surface area contributed by atoms with Crippen molar-refractivity contribution in [3.63, 3.8) is 0 Å². The van der Waals surface area contributed by atoms with Crippen LogP contribution in [0.3, 0.4) is 0 Å². The topological polar surface area (TPSA) is 84.9 Å². The summed E-state index contributed by atoms with van der Waals surface area (Å²) >= 11 is 12.0. The number of nitrogens with one attached hydrogen (secondary N) is 1. The lowest BCUT2D eigenvalue weighted by molar-refractivity contribution is -0.122. The van der Waals surface area contributed by atoms with E-state index in [0.29, 0.717) is 22.1 Å². The summed E-state index contributed by atoms with van der Waals surface area (Å²) in [5, 5.41) is 3.17. The van der Waals surface area contributed by atoms with Gasteiger partial charge in [-0.15, -0.1) is 0 Å². The second-order valence-corrected chi connectivity index (χ2v) is 10.6. The summed E-state index contributed by atoms with van der Waals surface area (Å²) in [7, 11) is -1.20. The van der Waals surface area contributed by atoms with E-state index in [1.165, 1.54) is 56.7 Å². The Kier molecular flexibility index (Phi) is 9.19. The molecule has 3 rings (SSSR count). The second-order valence-electron chi connectivity index (χ2n) is 7.83. The number of hydrogen-bond donors (Lipinski definition) is 1. The normalized spacial score (nSPS) is 12.3. The van der Waals surface area contributed by atoms with Crippen LogP contribution in [0.5, 0.6) is 11.5 Å². The third-order valence-corrected chi connectivity index (χ3v) is 7.86. The molecular weight excluding hydrogens is 530 g/mol. The van der Waals surface area contributed by atoms with E-state index in [1.54, 1.807) is 25.1 Å². The van der Waals surface area contributed by atoms with E-state index >= 15 is 0 Å². The fourth-order valence-electron chi connectivity index (χ4n) is 3.49. The fraction of sp³-hybridized carbons (Fsp3) is 0.240. The molecular formula is C25H25Cl2FN2O5S. The fourth-order valence-corrected chi connectivity index (χ4v) is 5.21. The van der Waals surface area contributed by atoms with Gasteiger partial charge in [0.25, 0.3) is 0 Å². The number of nitrogens with zero attached hydrogens (tertiary/aromatic N) is 1. The van der Waals surface area contributed by atoms with Crippen LogP contribution < -0.4 is 14.8 Å². The molecule has 0 bridgehead atoms. The average Bonchev–Trinajstić information content (AvgIpc) is 2.85. The van der Waals surface area contributed by atoms with Crippen molar-refractivity contribution in [2.45, 2.75) is 24.4 Å². The third-order valence-electron chi connectivity index (χ3n) is 5.45. The second kappa shape index (κ2) is 11.9. The first kappa shape index (κ1) is 27.7. The van der Waals surface area contributed by atoms with Crippen LogP contribution in [0.1, 0.15) is 24.1 Å². The minimum absolute atomic E-state index is 0.0440. The summed E-state index contributed by atoms with van der Waals surface area (Å²) in [4.78, 5) is 12.9. The molecule has 0 saturated heterocycles. The van der Waals surface area contributed by atoms with Gasteiger partial charge >= 0.3 is 0 Å².